The van der Waals surface area contributed by atoms with Gasteiger partial charge in [0, 0.05) is 70.0 Å². The largest absolute Gasteiger partial charge is 0.388 e. The van der Waals surface area contributed by atoms with E-state index in [0.717, 1.165) is 48.1 Å². The summed E-state index contributed by atoms with van der Waals surface area (Å²) in [7, 11) is 5.22. The molecule has 0 saturated heterocycles. The standard InChI is InChI=1S/C20H26N4O2S.C6H14O.C2H6O/c1-5-12-21-19-11-8-17(13-20(19)22-14-15(2)3)23(4)27-18-9-6-16(7-10-18)24(25)26;1-3-5-6-7-4-2;1-3-2/h6-11,13-15,21H,5,12H2,1-4H3;3-6H2,1-2H3;1-2H3. The number of methoxy groups -OCH3 is 1. The molecular weight excluding hydrogens is 488 g/mol. The Kier molecular flexibility index (Phi) is 19.9. The zero-order chi connectivity index (χ0) is 28.1. The summed E-state index contributed by atoms with van der Waals surface area (Å²) < 4.78 is 11.4. The second-order valence-corrected chi connectivity index (χ2v) is 9.65. The van der Waals surface area contributed by atoms with E-state index >= 15 is 0 Å². The van der Waals surface area contributed by atoms with Crippen molar-refractivity contribution < 1.29 is 14.4 Å². The van der Waals surface area contributed by atoms with Crippen LogP contribution in [0.2, 0.25) is 0 Å². The quantitative estimate of drug-likeness (QED) is 0.0915. The number of aliphatic imine (C=N–C) groups is 1. The first-order valence-corrected chi connectivity index (χ1v) is 13.6. The van der Waals surface area contributed by atoms with Crippen molar-refractivity contribution >= 4 is 40.9 Å². The average molecular weight is 535 g/mol. The van der Waals surface area contributed by atoms with Crippen LogP contribution in [0.25, 0.3) is 0 Å². The number of nitrogens with zero attached hydrogens (tertiary/aromatic N) is 3. The number of benzene rings is 2. The van der Waals surface area contributed by atoms with E-state index in [-0.39, 0.29) is 10.6 Å². The molecule has 208 valence electrons. The highest BCUT2D eigenvalue weighted by molar-refractivity contribution is 8.00. The third-order valence-electron chi connectivity index (χ3n) is 4.56. The van der Waals surface area contributed by atoms with Gasteiger partial charge < -0.3 is 19.1 Å². The molecular formula is C28H46N4O4S. The average Bonchev–Trinajstić information content (AvgIpc) is 2.88. The molecule has 0 aliphatic heterocycles. The Morgan fingerprint density at radius 1 is 1.11 bits per heavy atom. The molecule has 0 aromatic heterocycles. The summed E-state index contributed by atoms with van der Waals surface area (Å²) in [5.41, 5.74) is 3.03. The zero-order valence-electron chi connectivity index (χ0n) is 23.8. The third-order valence-corrected chi connectivity index (χ3v) is 5.53. The molecule has 0 atom stereocenters. The van der Waals surface area contributed by atoms with Crippen molar-refractivity contribution in [3.05, 3.63) is 52.6 Å². The van der Waals surface area contributed by atoms with Crippen LogP contribution in [0.5, 0.6) is 0 Å². The molecule has 8 nitrogen and oxygen atoms in total. The number of nitrogens with one attached hydrogen (secondary N) is 1. The molecule has 0 spiro atoms. The fourth-order valence-corrected chi connectivity index (χ4v) is 3.48. The van der Waals surface area contributed by atoms with E-state index in [2.05, 4.69) is 48.8 Å². The summed E-state index contributed by atoms with van der Waals surface area (Å²) in [6, 6.07) is 12.7. The molecule has 0 heterocycles. The first-order chi connectivity index (χ1) is 17.7. The van der Waals surface area contributed by atoms with Crippen LogP contribution in [-0.2, 0) is 9.47 Å². The summed E-state index contributed by atoms with van der Waals surface area (Å²) in [5.74, 6) is 0.375. The van der Waals surface area contributed by atoms with Crippen LogP contribution in [-0.4, -0.2) is 52.2 Å². The lowest BCUT2D eigenvalue weighted by molar-refractivity contribution is -0.384. The van der Waals surface area contributed by atoms with E-state index in [4.69, 9.17) is 4.74 Å². The molecule has 2 rings (SSSR count). The van der Waals surface area contributed by atoms with Crippen molar-refractivity contribution in [2.75, 3.05) is 50.6 Å². The molecule has 2 aromatic carbocycles. The Hall–Kier alpha value is -2.62. The normalized spacial score (nSPS) is 10.4. The summed E-state index contributed by atoms with van der Waals surface area (Å²) in [5, 5.41) is 14.2. The Balaban J connectivity index is 0.00000110. The molecule has 1 N–H and O–H groups in total. The monoisotopic (exact) mass is 534 g/mol. The first kappa shape index (κ1) is 34.4. The number of rotatable bonds is 13. The number of nitro benzene ring substituents is 1. The van der Waals surface area contributed by atoms with Crippen LogP contribution in [0.15, 0.2) is 52.4 Å². The highest BCUT2D eigenvalue weighted by Gasteiger charge is 2.10. The molecule has 9 heteroatoms. The van der Waals surface area contributed by atoms with E-state index < -0.39 is 0 Å². The number of anilines is 2. The predicted octanol–water partition coefficient (Wildman–Crippen LogP) is 8.00. The van der Waals surface area contributed by atoms with Gasteiger partial charge >= 0.3 is 0 Å². The van der Waals surface area contributed by atoms with Gasteiger partial charge in [-0.3, -0.25) is 15.1 Å². The topological polar surface area (TPSA) is 89.2 Å². The number of ether oxygens (including phenoxy) is 2. The Labute approximate surface area is 228 Å². The Bertz CT molecular complexity index is 888. The lowest BCUT2D eigenvalue weighted by Crippen LogP contribution is -2.07. The van der Waals surface area contributed by atoms with Crippen LogP contribution < -0.4 is 9.62 Å². The van der Waals surface area contributed by atoms with Crippen LogP contribution in [0.3, 0.4) is 0 Å². The van der Waals surface area contributed by atoms with Gasteiger partial charge in [0.05, 0.1) is 16.3 Å². The van der Waals surface area contributed by atoms with Gasteiger partial charge in [-0.1, -0.05) is 34.1 Å². The molecule has 0 radical (unpaired) electrons. The smallest absolute Gasteiger partial charge is 0.269 e. The fourth-order valence-electron chi connectivity index (χ4n) is 2.69. The maximum Gasteiger partial charge on any atom is 0.269 e. The highest BCUT2D eigenvalue weighted by Crippen LogP contribution is 2.34. The van der Waals surface area contributed by atoms with E-state index in [1.54, 1.807) is 26.4 Å². The van der Waals surface area contributed by atoms with Crippen molar-refractivity contribution in [1.29, 1.82) is 0 Å². The minimum absolute atomic E-state index is 0.0960. The second kappa shape index (κ2) is 21.5. The van der Waals surface area contributed by atoms with Gasteiger partial charge in [0.25, 0.3) is 5.69 Å². The van der Waals surface area contributed by atoms with Crippen molar-refractivity contribution in [1.82, 2.24) is 0 Å². The third kappa shape index (κ3) is 16.0. The van der Waals surface area contributed by atoms with Crippen LogP contribution in [0, 0.1) is 16.0 Å². The van der Waals surface area contributed by atoms with E-state index in [9.17, 15) is 10.1 Å². The van der Waals surface area contributed by atoms with Gasteiger partial charge in [-0.15, -0.1) is 0 Å². The van der Waals surface area contributed by atoms with E-state index in [0.29, 0.717) is 5.92 Å². The predicted molar refractivity (Wildman–Crippen MR) is 160 cm³/mol. The second-order valence-electron chi connectivity index (χ2n) is 8.45. The number of hydrogen-bond acceptors (Lipinski definition) is 8. The summed E-state index contributed by atoms with van der Waals surface area (Å²) >= 11 is 1.51. The van der Waals surface area contributed by atoms with Gasteiger partial charge in [0.15, 0.2) is 0 Å². The first-order valence-electron chi connectivity index (χ1n) is 12.8. The minimum Gasteiger partial charge on any atom is -0.388 e. The molecule has 2 aromatic rings. The van der Waals surface area contributed by atoms with Crippen molar-refractivity contribution in [2.45, 2.75) is 58.8 Å². The van der Waals surface area contributed by atoms with Crippen molar-refractivity contribution in [2.24, 2.45) is 10.9 Å². The van der Waals surface area contributed by atoms with Crippen molar-refractivity contribution in [3.8, 4) is 0 Å². The van der Waals surface area contributed by atoms with Crippen LogP contribution >= 0.6 is 11.9 Å². The molecule has 0 aliphatic rings. The molecule has 0 fully saturated rings. The molecule has 0 aliphatic carbocycles. The minimum atomic E-state index is -0.390. The highest BCUT2D eigenvalue weighted by atomic mass is 32.2. The zero-order valence-corrected chi connectivity index (χ0v) is 24.6. The Morgan fingerprint density at radius 2 is 1.76 bits per heavy atom. The van der Waals surface area contributed by atoms with E-state index in [1.807, 2.05) is 36.6 Å². The summed E-state index contributed by atoms with van der Waals surface area (Å²) in [6.07, 6.45) is 5.43. The van der Waals surface area contributed by atoms with Gasteiger partial charge in [-0.05, 0) is 68.0 Å². The molecule has 0 unspecified atom stereocenters. The number of unbranched alkanes of at least 4 members (excludes halogenated alkanes) is 1. The van der Waals surface area contributed by atoms with Crippen LogP contribution in [0.4, 0.5) is 22.7 Å². The maximum atomic E-state index is 10.8. The van der Waals surface area contributed by atoms with Gasteiger partial charge in [0.1, 0.15) is 0 Å². The van der Waals surface area contributed by atoms with E-state index in [1.165, 1.54) is 36.9 Å². The SMILES string of the molecule is CCCCOCC.CCCNc1ccc(N(C)Sc2ccc([N+](=O)[O-])cc2)cc1N=CC(C)C.COC. The fraction of sp³-hybridized carbons (Fsp3) is 0.536. The Morgan fingerprint density at radius 3 is 2.27 bits per heavy atom. The number of non-ortho nitro benzene ring substituents is 1. The molecule has 0 bridgehead atoms. The lowest BCUT2D eigenvalue weighted by Gasteiger charge is -2.19. The number of hydrogen-bond donors (Lipinski definition) is 1. The lowest BCUT2D eigenvalue weighted by atomic mass is 10.2. The van der Waals surface area contributed by atoms with Crippen molar-refractivity contribution in [3.63, 3.8) is 0 Å². The summed E-state index contributed by atoms with van der Waals surface area (Å²) in [6.45, 7) is 13.2. The van der Waals surface area contributed by atoms with Gasteiger partial charge in [-0.2, -0.15) is 0 Å². The molecule has 0 amide bonds. The van der Waals surface area contributed by atoms with Gasteiger partial charge in [0.2, 0.25) is 0 Å². The van der Waals surface area contributed by atoms with Gasteiger partial charge in [-0.25, -0.2) is 0 Å². The number of nitro groups is 1. The molecule has 37 heavy (non-hydrogen) atoms. The summed E-state index contributed by atoms with van der Waals surface area (Å²) in [4.78, 5) is 16.0. The molecule has 0 saturated carbocycles. The van der Waals surface area contributed by atoms with Crippen LogP contribution in [0.1, 0.15) is 53.9 Å². The maximum absolute atomic E-state index is 10.8.